The molecule has 1 aromatic carbocycles. The number of benzene rings is 1. The Balaban J connectivity index is 1.88. The number of amides is 1. The SMILES string of the molecule is O=C(O)[C@H]1CCCN(C(=O)c2ncoc2-c2ccccc2Cl)C1. The van der Waals surface area contributed by atoms with Crippen LogP contribution in [0.4, 0.5) is 0 Å². The molecule has 3 rings (SSSR count). The number of aliphatic carboxylic acids is 1. The third-order valence-electron chi connectivity index (χ3n) is 3.95. The maximum absolute atomic E-state index is 12.7. The van der Waals surface area contributed by atoms with Crippen LogP contribution in [0.25, 0.3) is 11.3 Å². The number of hydrogen-bond donors (Lipinski definition) is 1. The Morgan fingerprint density at radius 3 is 2.87 bits per heavy atom. The lowest BCUT2D eigenvalue weighted by molar-refractivity contribution is -0.143. The molecule has 1 N–H and O–H groups in total. The van der Waals surface area contributed by atoms with Crippen molar-refractivity contribution in [3.05, 3.63) is 41.4 Å². The Labute approximate surface area is 137 Å². The quantitative estimate of drug-likeness (QED) is 0.933. The number of carbonyl (C=O) groups is 2. The number of likely N-dealkylation sites (tertiary alicyclic amines) is 1. The topological polar surface area (TPSA) is 83.6 Å². The molecular formula is C16H15ClN2O4. The molecule has 0 radical (unpaired) electrons. The van der Waals surface area contributed by atoms with Gasteiger partial charge in [0, 0.05) is 18.7 Å². The summed E-state index contributed by atoms with van der Waals surface area (Å²) in [4.78, 5) is 29.4. The fourth-order valence-electron chi connectivity index (χ4n) is 2.75. The van der Waals surface area contributed by atoms with Crippen molar-refractivity contribution in [1.29, 1.82) is 0 Å². The summed E-state index contributed by atoms with van der Waals surface area (Å²) in [5, 5.41) is 9.61. The molecule has 1 aromatic heterocycles. The van der Waals surface area contributed by atoms with Crippen molar-refractivity contribution in [3.63, 3.8) is 0 Å². The Morgan fingerprint density at radius 1 is 1.35 bits per heavy atom. The fraction of sp³-hybridized carbons (Fsp3) is 0.312. The van der Waals surface area contributed by atoms with E-state index in [0.717, 1.165) is 0 Å². The minimum atomic E-state index is -0.881. The van der Waals surface area contributed by atoms with Gasteiger partial charge in [0.05, 0.1) is 10.9 Å². The maximum atomic E-state index is 12.7. The highest BCUT2D eigenvalue weighted by atomic mass is 35.5. The van der Waals surface area contributed by atoms with Gasteiger partial charge in [-0.2, -0.15) is 0 Å². The Morgan fingerprint density at radius 2 is 2.13 bits per heavy atom. The number of hydrogen-bond acceptors (Lipinski definition) is 4. The Kier molecular flexibility index (Phi) is 4.34. The monoisotopic (exact) mass is 334 g/mol. The highest BCUT2D eigenvalue weighted by Crippen LogP contribution is 2.31. The van der Waals surface area contributed by atoms with E-state index < -0.39 is 11.9 Å². The largest absolute Gasteiger partial charge is 0.481 e. The third-order valence-corrected chi connectivity index (χ3v) is 4.28. The van der Waals surface area contributed by atoms with E-state index >= 15 is 0 Å². The van der Waals surface area contributed by atoms with Gasteiger partial charge in [0.2, 0.25) is 0 Å². The minimum absolute atomic E-state index is 0.157. The average Bonchev–Trinajstić information content (AvgIpc) is 3.04. The first-order valence-corrected chi connectivity index (χ1v) is 7.66. The number of piperidine rings is 1. The number of aromatic nitrogens is 1. The van der Waals surface area contributed by atoms with Crippen LogP contribution in [0.1, 0.15) is 23.3 Å². The fourth-order valence-corrected chi connectivity index (χ4v) is 2.97. The lowest BCUT2D eigenvalue weighted by Crippen LogP contribution is -2.42. The van der Waals surface area contributed by atoms with E-state index in [2.05, 4.69) is 4.98 Å². The molecule has 23 heavy (non-hydrogen) atoms. The summed E-state index contributed by atoms with van der Waals surface area (Å²) in [6.07, 6.45) is 2.43. The second-order valence-corrected chi connectivity index (χ2v) is 5.85. The summed E-state index contributed by atoms with van der Waals surface area (Å²) >= 11 is 6.15. The van der Waals surface area contributed by atoms with Gasteiger partial charge in [-0.1, -0.05) is 23.7 Å². The van der Waals surface area contributed by atoms with Gasteiger partial charge in [0.15, 0.2) is 17.8 Å². The standard InChI is InChI=1S/C16H15ClN2O4/c17-12-6-2-1-5-11(12)14-13(18-9-23-14)15(20)19-7-3-4-10(8-19)16(21)22/h1-2,5-6,9-10H,3-4,7-8H2,(H,21,22)/t10-/m0/s1. The molecule has 6 nitrogen and oxygen atoms in total. The molecular weight excluding hydrogens is 320 g/mol. The van der Waals surface area contributed by atoms with Crippen LogP contribution in [0.5, 0.6) is 0 Å². The first kappa shape index (κ1) is 15.6. The van der Waals surface area contributed by atoms with Gasteiger partial charge < -0.3 is 14.4 Å². The van der Waals surface area contributed by atoms with Crippen LogP contribution in [0, 0.1) is 5.92 Å². The van der Waals surface area contributed by atoms with E-state index in [1.165, 1.54) is 11.3 Å². The highest BCUT2D eigenvalue weighted by Gasteiger charge is 2.31. The van der Waals surface area contributed by atoms with Crippen molar-refractivity contribution in [2.24, 2.45) is 5.92 Å². The molecule has 1 aliphatic heterocycles. The lowest BCUT2D eigenvalue weighted by atomic mass is 9.98. The number of carboxylic acid groups (broad SMARTS) is 1. The molecule has 1 saturated heterocycles. The van der Waals surface area contributed by atoms with Gasteiger partial charge in [-0.3, -0.25) is 9.59 Å². The van der Waals surface area contributed by atoms with Crippen LogP contribution in [0.15, 0.2) is 35.1 Å². The molecule has 2 aromatic rings. The molecule has 1 amide bonds. The van der Waals surface area contributed by atoms with E-state index in [1.54, 1.807) is 24.3 Å². The van der Waals surface area contributed by atoms with Crippen LogP contribution in [0.2, 0.25) is 5.02 Å². The van der Waals surface area contributed by atoms with Gasteiger partial charge in [0.1, 0.15) is 0 Å². The van der Waals surface area contributed by atoms with Crippen molar-refractivity contribution >= 4 is 23.5 Å². The normalized spacial score (nSPS) is 18.0. The molecule has 1 aliphatic rings. The van der Waals surface area contributed by atoms with E-state index in [4.69, 9.17) is 21.1 Å². The minimum Gasteiger partial charge on any atom is -0.481 e. The number of rotatable bonds is 3. The zero-order valence-electron chi connectivity index (χ0n) is 12.2. The number of carbonyl (C=O) groups excluding carboxylic acids is 1. The molecule has 2 heterocycles. The molecule has 7 heteroatoms. The summed E-state index contributed by atoms with van der Waals surface area (Å²) in [6.45, 7) is 0.695. The molecule has 0 aliphatic carbocycles. The summed E-state index contributed by atoms with van der Waals surface area (Å²) in [7, 11) is 0. The second kappa shape index (κ2) is 6.42. The first-order valence-electron chi connectivity index (χ1n) is 7.28. The van der Waals surface area contributed by atoms with E-state index in [9.17, 15) is 9.59 Å². The maximum Gasteiger partial charge on any atom is 0.308 e. The number of halogens is 1. The van der Waals surface area contributed by atoms with E-state index in [0.29, 0.717) is 35.7 Å². The van der Waals surface area contributed by atoms with Gasteiger partial charge in [-0.15, -0.1) is 0 Å². The molecule has 1 fully saturated rings. The summed E-state index contributed by atoms with van der Waals surface area (Å²) in [6, 6.07) is 7.02. The van der Waals surface area contributed by atoms with Crippen LogP contribution in [-0.4, -0.2) is 40.0 Å². The average molecular weight is 335 g/mol. The highest BCUT2D eigenvalue weighted by molar-refractivity contribution is 6.33. The van der Waals surface area contributed by atoms with Gasteiger partial charge in [0.25, 0.3) is 5.91 Å². The van der Waals surface area contributed by atoms with E-state index in [-0.39, 0.29) is 18.1 Å². The van der Waals surface area contributed by atoms with Crippen LogP contribution < -0.4 is 0 Å². The van der Waals surface area contributed by atoms with Crippen molar-refractivity contribution in [3.8, 4) is 11.3 Å². The molecule has 0 spiro atoms. The number of oxazole rings is 1. The Hall–Kier alpha value is -2.34. The van der Waals surface area contributed by atoms with E-state index in [1.807, 2.05) is 0 Å². The van der Waals surface area contributed by atoms with Crippen molar-refractivity contribution < 1.29 is 19.1 Å². The number of nitrogens with zero attached hydrogens (tertiary/aromatic N) is 2. The first-order chi connectivity index (χ1) is 11.1. The second-order valence-electron chi connectivity index (χ2n) is 5.44. The summed E-state index contributed by atoms with van der Waals surface area (Å²) in [5.74, 6) is -1.45. The lowest BCUT2D eigenvalue weighted by Gasteiger charge is -2.30. The molecule has 1 atom stereocenters. The predicted octanol–water partition coefficient (Wildman–Crippen LogP) is 2.93. The zero-order chi connectivity index (χ0) is 16.4. The van der Waals surface area contributed by atoms with Crippen LogP contribution >= 0.6 is 11.6 Å². The summed E-state index contributed by atoms with van der Waals surface area (Å²) < 4.78 is 5.36. The van der Waals surface area contributed by atoms with Crippen molar-refractivity contribution in [2.75, 3.05) is 13.1 Å². The Bertz CT molecular complexity index is 743. The number of carboxylic acids is 1. The van der Waals surface area contributed by atoms with Gasteiger partial charge in [-0.05, 0) is 25.0 Å². The van der Waals surface area contributed by atoms with Gasteiger partial charge >= 0.3 is 5.97 Å². The molecule has 0 saturated carbocycles. The van der Waals surface area contributed by atoms with Crippen LogP contribution in [-0.2, 0) is 4.79 Å². The molecule has 120 valence electrons. The van der Waals surface area contributed by atoms with Crippen LogP contribution in [0.3, 0.4) is 0 Å². The third kappa shape index (κ3) is 3.07. The molecule has 0 bridgehead atoms. The van der Waals surface area contributed by atoms with Crippen molar-refractivity contribution in [1.82, 2.24) is 9.88 Å². The smallest absolute Gasteiger partial charge is 0.308 e. The predicted molar refractivity (Wildman–Crippen MR) is 83.2 cm³/mol. The van der Waals surface area contributed by atoms with Gasteiger partial charge in [-0.25, -0.2) is 4.98 Å². The zero-order valence-corrected chi connectivity index (χ0v) is 13.0. The van der Waals surface area contributed by atoms with Crippen molar-refractivity contribution in [2.45, 2.75) is 12.8 Å². The molecule has 0 unspecified atom stereocenters. The summed E-state index contributed by atoms with van der Waals surface area (Å²) in [5.41, 5.74) is 0.742.